The maximum Gasteiger partial charge on any atom is 0.321 e. The summed E-state index contributed by atoms with van der Waals surface area (Å²) in [5.74, 6) is 0.0198. The van der Waals surface area contributed by atoms with E-state index in [1.165, 1.54) is 4.70 Å². The minimum atomic E-state index is -0.153. The summed E-state index contributed by atoms with van der Waals surface area (Å²) in [5.41, 5.74) is 1.78. The van der Waals surface area contributed by atoms with Crippen molar-refractivity contribution in [3.05, 3.63) is 59.6 Å². The second kappa shape index (κ2) is 9.28. The zero-order chi connectivity index (χ0) is 21.9. The highest BCUT2D eigenvalue weighted by Crippen LogP contribution is 2.37. The van der Waals surface area contributed by atoms with Crippen LogP contribution in [0, 0.1) is 5.92 Å². The van der Waals surface area contributed by atoms with Crippen molar-refractivity contribution in [2.75, 3.05) is 25.0 Å². The van der Waals surface area contributed by atoms with Gasteiger partial charge in [-0.2, -0.15) is 0 Å². The van der Waals surface area contributed by atoms with E-state index in [2.05, 4.69) is 11.4 Å². The number of piperidine rings is 2. The maximum absolute atomic E-state index is 13.6. The van der Waals surface area contributed by atoms with E-state index in [0.717, 1.165) is 54.9 Å². The van der Waals surface area contributed by atoms with Gasteiger partial charge in [0.05, 0.1) is 22.2 Å². The second-order valence-electron chi connectivity index (χ2n) is 8.64. The van der Waals surface area contributed by atoms with Crippen molar-refractivity contribution in [3.63, 3.8) is 0 Å². The standard InChI is InChI=1S/C25H28N4O2S/c30-24(18-9-8-15-28(17-18)25(31)26-19-10-2-1-3-11-19)29-16-7-6-13-21(29)23-27-20-12-4-5-14-22(20)32-23/h1-5,10-12,14,18,21H,6-9,13,15-17H2,(H,26,31)/t18-,21-/m0/s1. The van der Waals surface area contributed by atoms with E-state index in [1.54, 1.807) is 16.2 Å². The molecule has 0 saturated carbocycles. The molecule has 7 heteroatoms. The Bertz CT molecular complexity index is 1070. The number of anilines is 1. The van der Waals surface area contributed by atoms with E-state index in [1.807, 2.05) is 53.4 Å². The monoisotopic (exact) mass is 448 g/mol. The summed E-state index contributed by atoms with van der Waals surface area (Å²) in [4.78, 5) is 35.1. The number of nitrogens with one attached hydrogen (secondary N) is 1. The quantitative estimate of drug-likeness (QED) is 0.592. The highest BCUT2D eigenvalue weighted by Gasteiger charge is 2.36. The summed E-state index contributed by atoms with van der Waals surface area (Å²) in [6, 6.07) is 17.6. The molecule has 6 nitrogen and oxygen atoms in total. The summed E-state index contributed by atoms with van der Waals surface area (Å²) >= 11 is 1.70. The summed E-state index contributed by atoms with van der Waals surface area (Å²) in [5, 5.41) is 3.99. The van der Waals surface area contributed by atoms with Crippen LogP contribution in [0.5, 0.6) is 0 Å². The zero-order valence-corrected chi connectivity index (χ0v) is 18.9. The lowest BCUT2D eigenvalue weighted by Gasteiger charge is -2.39. The van der Waals surface area contributed by atoms with Crippen LogP contribution in [-0.4, -0.2) is 46.4 Å². The third-order valence-electron chi connectivity index (χ3n) is 6.46. The second-order valence-corrected chi connectivity index (χ2v) is 9.71. The van der Waals surface area contributed by atoms with Gasteiger partial charge in [0, 0.05) is 25.3 Å². The lowest BCUT2D eigenvalue weighted by atomic mass is 9.93. The fourth-order valence-electron chi connectivity index (χ4n) is 4.81. The maximum atomic E-state index is 13.6. The van der Waals surface area contributed by atoms with Crippen LogP contribution in [0.4, 0.5) is 10.5 Å². The molecule has 2 atom stereocenters. The summed E-state index contributed by atoms with van der Waals surface area (Å²) in [6.07, 6.45) is 4.77. The zero-order valence-electron chi connectivity index (χ0n) is 18.1. The van der Waals surface area contributed by atoms with Crippen molar-refractivity contribution in [3.8, 4) is 0 Å². The normalized spacial score (nSPS) is 21.5. The van der Waals surface area contributed by atoms with Crippen LogP contribution in [0.1, 0.15) is 43.2 Å². The van der Waals surface area contributed by atoms with Gasteiger partial charge in [-0.05, 0) is 56.4 Å². The number of nitrogens with zero attached hydrogens (tertiary/aromatic N) is 3. The van der Waals surface area contributed by atoms with Crippen LogP contribution < -0.4 is 5.32 Å². The molecular formula is C25H28N4O2S. The molecule has 1 N–H and O–H groups in total. The minimum absolute atomic E-state index is 0.0437. The fraction of sp³-hybridized carbons (Fsp3) is 0.400. The number of thiazole rings is 1. The van der Waals surface area contributed by atoms with E-state index in [4.69, 9.17) is 4.98 Å². The number of urea groups is 1. The molecule has 0 radical (unpaired) electrons. The number of hydrogen-bond acceptors (Lipinski definition) is 4. The first-order valence-corrected chi connectivity index (χ1v) is 12.3. The molecule has 0 aliphatic carbocycles. The topological polar surface area (TPSA) is 65.5 Å². The van der Waals surface area contributed by atoms with Crippen LogP contribution in [0.15, 0.2) is 54.6 Å². The Kier molecular flexibility index (Phi) is 6.08. The average Bonchev–Trinajstić information content (AvgIpc) is 3.28. The van der Waals surface area contributed by atoms with Crippen LogP contribution in [0.3, 0.4) is 0 Å². The van der Waals surface area contributed by atoms with Gasteiger partial charge in [-0.25, -0.2) is 9.78 Å². The number of benzene rings is 2. The lowest BCUT2D eigenvalue weighted by molar-refractivity contribution is -0.140. The van der Waals surface area contributed by atoms with Crippen molar-refractivity contribution in [2.45, 2.75) is 38.1 Å². The van der Waals surface area contributed by atoms with Crippen molar-refractivity contribution in [1.82, 2.24) is 14.8 Å². The van der Waals surface area contributed by atoms with Gasteiger partial charge in [0.25, 0.3) is 0 Å². The highest BCUT2D eigenvalue weighted by atomic mass is 32.1. The molecule has 3 aromatic rings. The molecule has 3 heterocycles. The van der Waals surface area contributed by atoms with Gasteiger partial charge in [-0.3, -0.25) is 4.79 Å². The van der Waals surface area contributed by atoms with Gasteiger partial charge in [0.1, 0.15) is 5.01 Å². The average molecular weight is 449 g/mol. The largest absolute Gasteiger partial charge is 0.333 e. The minimum Gasteiger partial charge on any atom is -0.333 e. The predicted octanol–water partition coefficient (Wildman–Crippen LogP) is 5.29. The lowest BCUT2D eigenvalue weighted by Crippen LogP contribution is -2.49. The van der Waals surface area contributed by atoms with Gasteiger partial charge in [0.2, 0.25) is 5.91 Å². The number of carbonyl (C=O) groups excluding carboxylic acids is 2. The van der Waals surface area contributed by atoms with Crippen LogP contribution >= 0.6 is 11.3 Å². The van der Waals surface area contributed by atoms with Crippen molar-refractivity contribution >= 4 is 39.2 Å². The van der Waals surface area contributed by atoms with E-state index in [-0.39, 0.29) is 23.9 Å². The van der Waals surface area contributed by atoms with E-state index in [0.29, 0.717) is 13.1 Å². The molecule has 32 heavy (non-hydrogen) atoms. The van der Waals surface area contributed by atoms with Crippen molar-refractivity contribution in [1.29, 1.82) is 0 Å². The van der Waals surface area contributed by atoms with Gasteiger partial charge in [-0.1, -0.05) is 30.3 Å². The van der Waals surface area contributed by atoms with Crippen molar-refractivity contribution in [2.24, 2.45) is 5.92 Å². The van der Waals surface area contributed by atoms with Crippen LogP contribution in [0.25, 0.3) is 10.2 Å². The van der Waals surface area contributed by atoms with E-state index < -0.39 is 0 Å². The first-order valence-electron chi connectivity index (χ1n) is 11.5. The molecule has 5 rings (SSSR count). The molecule has 0 spiro atoms. The Balaban J connectivity index is 1.29. The molecule has 3 amide bonds. The third kappa shape index (κ3) is 4.35. The first kappa shape index (κ1) is 20.9. The number of hydrogen-bond donors (Lipinski definition) is 1. The number of para-hydroxylation sites is 2. The molecule has 2 aromatic carbocycles. The molecule has 166 valence electrons. The first-order chi connectivity index (χ1) is 15.7. The molecule has 0 bridgehead atoms. The number of rotatable bonds is 3. The number of aromatic nitrogens is 1. The van der Waals surface area contributed by atoms with Crippen LogP contribution in [-0.2, 0) is 4.79 Å². The van der Waals surface area contributed by atoms with Crippen LogP contribution in [0.2, 0.25) is 0 Å². The molecule has 1 aromatic heterocycles. The van der Waals surface area contributed by atoms with Gasteiger partial charge >= 0.3 is 6.03 Å². The Morgan fingerprint density at radius 3 is 2.59 bits per heavy atom. The Hall–Kier alpha value is -2.93. The summed E-state index contributed by atoms with van der Waals surface area (Å²) < 4.78 is 1.17. The molecule has 0 unspecified atom stereocenters. The van der Waals surface area contributed by atoms with Gasteiger partial charge in [-0.15, -0.1) is 11.3 Å². The number of fused-ring (bicyclic) bond motifs is 1. The number of amides is 3. The molecule has 2 saturated heterocycles. The fourth-order valence-corrected chi connectivity index (χ4v) is 5.92. The van der Waals surface area contributed by atoms with Gasteiger partial charge < -0.3 is 15.1 Å². The highest BCUT2D eigenvalue weighted by molar-refractivity contribution is 7.18. The Morgan fingerprint density at radius 1 is 0.938 bits per heavy atom. The van der Waals surface area contributed by atoms with Crippen molar-refractivity contribution < 1.29 is 9.59 Å². The molecule has 2 aliphatic rings. The predicted molar refractivity (Wildman–Crippen MR) is 128 cm³/mol. The molecule has 2 aliphatic heterocycles. The smallest absolute Gasteiger partial charge is 0.321 e. The number of carbonyl (C=O) groups is 2. The Labute approximate surface area is 192 Å². The third-order valence-corrected chi connectivity index (χ3v) is 7.60. The summed E-state index contributed by atoms with van der Waals surface area (Å²) in [7, 11) is 0. The van der Waals surface area contributed by atoms with E-state index >= 15 is 0 Å². The molecule has 2 fully saturated rings. The van der Waals surface area contributed by atoms with E-state index in [9.17, 15) is 9.59 Å². The van der Waals surface area contributed by atoms with Gasteiger partial charge in [0.15, 0.2) is 0 Å². The number of likely N-dealkylation sites (tertiary alicyclic amines) is 2. The molecular weight excluding hydrogens is 420 g/mol. The summed E-state index contributed by atoms with van der Waals surface area (Å²) in [6.45, 7) is 1.93. The SMILES string of the molecule is O=C(Nc1ccccc1)N1CCC[C@H](C(=O)N2CCCC[C@H]2c2nc3ccccc3s2)C1. The Morgan fingerprint density at radius 2 is 1.75 bits per heavy atom.